The summed E-state index contributed by atoms with van der Waals surface area (Å²) in [6.07, 6.45) is 3.38. The molecule has 0 saturated carbocycles. The molecule has 0 heterocycles. The summed E-state index contributed by atoms with van der Waals surface area (Å²) in [4.78, 5) is 39.0. The fourth-order valence-corrected chi connectivity index (χ4v) is 4.42. The molecule has 0 aliphatic rings. The largest absolute Gasteiger partial charge is 0.325 e. The van der Waals surface area contributed by atoms with Gasteiger partial charge in [0.15, 0.2) is 5.78 Å². The van der Waals surface area contributed by atoms with Crippen molar-refractivity contribution >= 4 is 45.8 Å². The highest BCUT2D eigenvalue weighted by Gasteiger charge is 2.17. The summed E-state index contributed by atoms with van der Waals surface area (Å²) < 4.78 is 0. The zero-order chi connectivity index (χ0) is 27.9. The summed E-state index contributed by atoms with van der Waals surface area (Å²) in [6.45, 7) is 1.99. The molecule has 0 aromatic heterocycles. The topological polar surface area (TPSA) is 75.3 Å². The van der Waals surface area contributed by atoms with Crippen LogP contribution in [0.5, 0.6) is 0 Å². The van der Waals surface area contributed by atoms with Gasteiger partial charge in [-0.2, -0.15) is 0 Å². The van der Waals surface area contributed by atoms with E-state index in [-0.39, 0.29) is 24.0 Å². The Labute approximate surface area is 233 Å². The molecule has 40 heavy (non-hydrogen) atoms. The van der Waals surface area contributed by atoms with E-state index in [1.807, 2.05) is 79.7 Å². The van der Waals surface area contributed by atoms with E-state index in [9.17, 15) is 14.4 Å². The number of aryl methyl sites for hydroxylation is 1. The van der Waals surface area contributed by atoms with Crippen molar-refractivity contribution in [1.82, 2.24) is 0 Å². The Bertz CT molecular complexity index is 1720. The molecule has 5 aromatic rings. The molecule has 0 aliphatic heterocycles. The van der Waals surface area contributed by atoms with Crippen LogP contribution in [0.2, 0.25) is 0 Å². The molecule has 0 unspecified atom stereocenters. The van der Waals surface area contributed by atoms with Crippen molar-refractivity contribution in [2.24, 2.45) is 0 Å². The third-order valence-electron chi connectivity index (χ3n) is 6.53. The van der Waals surface area contributed by atoms with Crippen molar-refractivity contribution in [3.63, 3.8) is 0 Å². The van der Waals surface area contributed by atoms with Gasteiger partial charge in [0.05, 0.1) is 12.1 Å². The van der Waals surface area contributed by atoms with Crippen LogP contribution in [-0.4, -0.2) is 17.6 Å². The standard InChI is InChI=1S/C35H28N2O3/c1-24-11-13-26(14-12-24)22-34(39)37-32-19-18-30(23-31(32)35(40)28-8-3-2-4-9-28)36-33(38)20-16-25-15-17-27-7-5-6-10-29(27)21-25/h2-21,23H,22H2,1H3,(H,36,38)(H,37,39)/b20-16+. The zero-order valence-corrected chi connectivity index (χ0v) is 22.1. The monoisotopic (exact) mass is 524 g/mol. The molecular weight excluding hydrogens is 496 g/mol. The molecule has 5 nitrogen and oxygen atoms in total. The molecule has 2 amide bonds. The van der Waals surface area contributed by atoms with Crippen LogP contribution in [-0.2, 0) is 16.0 Å². The summed E-state index contributed by atoms with van der Waals surface area (Å²) in [5.74, 6) is -0.822. The number of hydrogen-bond acceptors (Lipinski definition) is 3. The lowest BCUT2D eigenvalue weighted by Crippen LogP contribution is -2.18. The number of carbonyl (C=O) groups excluding carboxylic acids is 3. The lowest BCUT2D eigenvalue weighted by molar-refractivity contribution is -0.115. The lowest BCUT2D eigenvalue weighted by Gasteiger charge is -2.13. The molecule has 0 bridgehead atoms. The third-order valence-corrected chi connectivity index (χ3v) is 6.53. The maximum atomic E-state index is 13.4. The Morgan fingerprint density at radius 3 is 2.20 bits per heavy atom. The van der Waals surface area contributed by atoms with Gasteiger partial charge in [0.1, 0.15) is 0 Å². The minimum Gasteiger partial charge on any atom is -0.325 e. The number of anilines is 2. The summed E-state index contributed by atoms with van der Waals surface area (Å²) in [6, 6.07) is 35.5. The molecular formula is C35H28N2O3. The number of rotatable bonds is 8. The van der Waals surface area contributed by atoms with E-state index in [1.165, 1.54) is 6.08 Å². The minimum atomic E-state index is -0.331. The van der Waals surface area contributed by atoms with Gasteiger partial charge in [-0.05, 0) is 59.2 Å². The Morgan fingerprint density at radius 1 is 0.700 bits per heavy atom. The molecule has 0 radical (unpaired) electrons. The van der Waals surface area contributed by atoms with E-state index < -0.39 is 0 Å². The van der Waals surface area contributed by atoms with Gasteiger partial charge < -0.3 is 10.6 Å². The predicted molar refractivity (Wildman–Crippen MR) is 161 cm³/mol. The molecule has 0 spiro atoms. The van der Waals surface area contributed by atoms with Crippen LogP contribution in [0.4, 0.5) is 11.4 Å². The fraction of sp³-hybridized carbons (Fsp3) is 0.0571. The molecule has 5 heteroatoms. The van der Waals surface area contributed by atoms with Crippen molar-refractivity contribution < 1.29 is 14.4 Å². The first-order chi connectivity index (χ1) is 19.4. The van der Waals surface area contributed by atoms with Gasteiger partial charge in [0, 0.05) is 22.9 Å². The number of ketones is 1. The highest BCUT2D eigenvalue weighted by Crippen LogP contribution is 2.25. The van der Waals surface area contributed by atoms with Crippen LogP contribution in [0.3, 0.4) is 0 Å². The fourth-order valence-electron chi connectivity index (χ4n) is 4.42. The number of nitrogens with one attached hydrogen (secondary N) is 2. The van der Waals surface area contributed by atoms with Crippen molar-refractivity contribution in [2.75, 3.05) is 10.6 Å². The quantitative estimate of drug-likeness (QED) is 0.166. The second-order valence-corrected chi connectivity index (χ2v) is 9.60. The van der Waals surface area contributed by atoms with Crippen molar-refractivity contribution in [1.29, 1.82) is 0 Å². The van der Waals surface area contributed by atoms with Crippen molar-refractivity contribution in [3.8, 4) is 0 Å². The molecule has 5 aromatic carbocycles. The smallest absolute Gasteiger partial charge is 0.248 e. The Balaban J connectivity index is 1.35. The highest BCUT2D eigenvalue weighted by molar-refractivity contribution is 6.15. The van der Waals surface area contributed by atoms with E-state index in [0.29, 0.717) is 22.5 Å². The van der Waals surface area contributed by atoms with Gasteiger partial charge in [-0.1, -0.05) is 96.6 Å². The number of amides is 2. The van der Waals surface area contributed by atoms with E-state index in [1.54, 1.807) is 48.5 Å². The third kappa shape index (κ3) is 6.58. The van der Waals surface area contributed by atoms with Gasteiger partial charge in [0.25, 0.3) is 0 Å². The second kappa shape index (κ2) is 12.0. The average Bonchev–Trinajstić information content (AvgIpc) is 2.98. The molecule has 0 aliphatic carbocycles. The number of carbonyl (C=O) groups is 3. The van der Waals surface area contributed by atoms with Gasteiger partial charge in [0.2, 0.25) is 11.8 Å². The predicted octanol–water partition coefficient (Wildman–Crippen LogP) is 7.21. The normalized spacial score (nSPS) is 10.9. The Kier molecular flexibility index (Phi) is 7.93. The summed E-state index contributed by atoms with van der Waals surface area (Å²) >= 11 is 0. The van der Waals surface area contributed by atoms with E-state index in [4.69, 9.17) is 0 Å². The van der Waals surface area contributed by atoms with Gasteiger partial charge in [-0.25, -0.2) is 0 Å². The van der Waals surface area contributed by atoms with Gasteiger partial charge in [-0.3, -0.25) is 14.4 Å². The van der Waals surface area contributed by atoms with Crippen LogP contribution in [0.1, 0.15) is 32.6 Å². The Hall–Kier alpha value is -5.29. The SMILES string of the molecule is Cc1ccc(CC(=O)Nc2ccc(NC(=O)/C=C/c3ccc4ccccc4c3)cc2C(=O)c2ccccc2)cc1. The van der Waals surface area contributed by atoms with Crippen LogP contribution in [0, 0.1) is 6.92 Å². The number of fused-ring (bicyclic) bond motifs is 1. The minimum absolute atomic E-state index is 0.178. The number of benzene rings is 5. The first kappa shape index (κ1) is 26.3. The van der Waals surface area contributed by atoms with Crippen LogP contribution >= 0.6 is 0 Å². The van der Waals surface area contributed by atoms with Gasteiger partial charge in [-0.15, -0.1) is 0 Å². The Morgan fingerprint density at radius 2 is 1.43 bits per heavy atom. The molecule has 196 valence electrons. The molecule has 0 fully saturated rings. The van der Waals surface area contributed by atoms with Crippen molar-refractivity contribution in [3.05, 3.63) is 149 Å². The maximum Gasteiger partial charge on any atom is 0.248 e. The summed E-state index contributed by atoms with van der Waals surface area (Å²) in [5, 5.41) is 7.93. The van der Waals surface area contributed by atoms with E-state index in [0.717, 1.165) is 27.5 Å². The van der Waals surface area contributed by atoms with Crippen LogP contribution in [0.15, 0.2) is 121 Å². The molecule has 0 atom stereocenters. The summed E-state index contributed by atoms with van der Waals surface area (Å²) in [7, 11) is 0. The maximum absolute atomic E-state index is 13.4. The zero-order valence-electron chi connectivity index (χ0n) is 22.1. The van der Waals surface area contributed by atoms with Crippen molar-refractivity contribution in [2.45, 2.75) is 13.3 Å². The molecule has 0 saturated heterocycles. The van der Waals surface area contributed by atoms with E-state index in [2.05, 4.69) is 10.6 Å². The van der Waals surface area contributed by atoms with E-state index >= 15 is 0 Å². The van der Waals surface area contributed by atoms with Crippen LogP contribution < -0.4 is 10.6 Å². The first-order valence-corrected chi connectivity index (χ1v) is 13.0. The average molecular weight is 525 g/mol. The highest BCUT2D eigenvalue weighted by atomic mass is 16.2. The number of hydrogen-bond donors (Lipinski definition) is 2. The van der Waals surface area contributed by atoms with Crippen LogP contribution in [0.25, 0.3) is 16.8 Å². The second-order valence-electron chi connectivity index (χ2n) is 9.60. The molecule has 5 rings (SSSR count). The lowest BCUT2D eigenvalue weighted by atomic mass is 10.0. The van der Waals surface area contributed by atoms with Gasteiger partial charge >= 0.3 is 0 Å². The summed E-state index contributed by atoms with van der Waals surface area (Å²) in [5.41, 5.74) is 4.50. The first-order valence-electron chi connectivity index (χ1n) is 13.0. The molecule has 2 N–H and O–H groups in total.